The third kappa shape index (κ3) is 6.60. The SMILES string of the molecule is C[C@H]1C[C@H]1C(=O)NCCC(=O)N(C)CC(=O)NC(C)(C)C. The summed E-state index contributed by atoms with van der Waals surface area (Å²) < 4.78 is 0. The van der Waals surface area contributed by atoms with E-state index in [4.69, 9.17) is 0 Å². The second kappa shape index (κ2) is 6.91. The maximum atomic E-state index is 11.9. The zero-order chi connectivity index (χ0) is 16.2. The van der Waals surface area contributed by atoms with Gasteiger partial charge in [0.05, 0.1) is 6.54 Å². The highest BCUT2D eigenvalue weighted by molar-refractivity contribution is 5.85. The number of hydrogen-bond acceptors (Lipinski definition) is 3. The Balaban J connectivity index is 2.21. The molecule has 1 aliphatic rings. The lowest BCUT2D eigenvalue weighted by Crippen LogP contribution is -2.46. The van der Waals surface area contributed by atoms with Crippen LogP contribution in [0.2, 0.25) is 0 Å². The van der Waals surface area contributed by atoms with Crippen molar-refractivity contribution in [3.63, 3.8) is 0 Å². The van der Waals surface area contributed by atoms with Gasteiger partial charge < -0.3 is 15.5 Å². The molecule has 21 heavy (non-hydrogen) atoms. The van der Waals surface area contributed by atoms with Crippen molar-refractivity contribution in [3.8, 4) is 0 Å². The molecule has 0 unspecified atom stereocenters. The van der Waals surface area contributed by atoms with Crippen molar-refractivity contribution in [2.45, 2.75) is 46.1 Å². The molecule has 6 heteroatoms. The average Bonchev–Trinajstić information content (AvgIpc) is 3.03. The minimum Gasteiger partial charge on any atom is -0.355 e. The third-order valence-corrected chi connectivity index (χ3v) is 3.41. The maximum Gasteiger partial charge on any atom is 0.240 e. The Hall–Kier alpha value is -1.59. The molecule has 6 nitrogen and oxygen atoms in total. The highest BCUT2D eigenvalue weighted by Crippen LogP contribution is 2.37. The Labute approximate surface area is 126 Å². The van der Waals surface area contributed by atoms with Crippen molar-refractivity contribution >= 4 is 17.7 Å². The number of hydrogen-bond donors (Lipinski definition) is 2. The van der Waals surface area contributed by atoms with Gasteiger partial charge in [-0.15, -0.1) is 0 Å². The van der Waals surface area contributed by atoms with Crippen LogP contribution in [0.5, 0.6) is 0 Å². The summed E-state index contributed by atoms with van der Waals surface area (Å²) in [7, 11) is 1.59. The van der Waals surface area contributed by atoms with E-state index < -0.39 is 0 Å². The van der Waals surface area contributed by atoms with Crippen LogP contribution in [0.25, 0.3) is 0 Å². The van der Waals surface area contributed by atoms with Crippen LogP contribution in [-0.2, 0) is 14.4 Å². The quantitative estimate of drug-likeness (QED) is 0.750. The first-order valence-corrected chi connectivity index (χ1v) is 7.43. The highest BCUT2D eigenvalue weighted by Gasteiger charge is 2.38. The van der Waals surface area contributed by atoms with Crippen molar-refractivity contribution in [2.24, 2.45) is 11.8 Å². The number of carbonyl (C=O) groups excluding carboxylic acids is 3. The molecule has 0 aliphatic heterocycles. The Bertz CT molecular complexity index is 415. The number of likely N-dealkylation sites (N-methyl/N-ethyl adjacent to an activating group) is 1. The van der Waals surface area contributed by atoms with Crippen molar-refractivity contribution < 1.29 is 14.4 Å². The normalized spacial score (nSPS) is 20.6. The summed E-state index contributed by atoms with van der Waals surface area (Å²) in [4.78, 5) is 36.6. The topological polar surface area (TPSA) is 78.5 Å². The Morgan fingerprint density at radius 1 is 1.24 bits per heavy atom. The first-order chi connectivity index (χ1) is 9.60. The average molecular weight is 297 g/mol. The lowest BCUT2D eigenvalue weighted by atomic mass is 10.1. The van der Waals surface area contributed by atoms with Crippen molar-refractivity contribution in [2.75, 3.05) is 20.1 Å². The monoisotopic (exact) mass is 297 g/mol. The van der Waals surface area contributed by atoms with E-state index in [9.17, 15) is 14.4 Å². The third-order valence-electron chi connectivity index (χ3n) is 3.41. The lowest BCUT2D eigenvalue weighted by molar-refractivity contribution is -0.135. The van der Waals surface area contributed by atoms with Crippen LogP contribution in [0.15, 0.2) is 0 Å². The number of carbonyl (C=O) groups is 3. The van der Waals surface area contributed by atoms with Gasteiger partial charge in [-0.05, 0) is 33.1 Å². The highest BCUT2D eigenvalue weighted by atomic mass is 16.2. The molecule has 0 heterocycles. The Kier molecular flexibility index (Phi) is 5.75. The van der Waals surface area contributed by atoms with Gasteiger partial charge in [0.2, 0.25) is 17.7 Å². The molecule has 0 saturated heterocycles. The molecule has 0 aromatic heterocycles. The van der Waals surface area contributed by atoms with Gasteiger partial charge in [0, 0.05) is 31.5 Å². The van der Waals surface area contributed by atoms with E-state index in [-0.39, 0.29) is 42.1 Å². The number of amides is 3. The fourth-order valence-electron chi connectivity index (χ4n) is 2.06. The van der Waals surface area contributed by atoms with Crippen LogP contribution in [0.4, 0.5) is 0 Å². The zero-order valence-electron chi connectivity index (χ0n) is 13.7. The van der Waals surface area contributed by atoms with Gasteiger partial charge in [-0.1, -0.05) is 6.92 Å². The molecule has 1 saturated carbocycles. The Morgan fingerprint density at radius 2 is 1.81 bits per heavy atom. The molecule has 3 amide bonds. The van der Waals surface area contributed by atoms with Gasteiger partial charge >= 0.3 is 0 Å². The first-order valence-electron chi connectivity index (χ1n) is 7.43. The van der Waals surface area contributed by atoms with Crippen LogP contribution in [0.1, 0.15) is 40.5 Å². The molecular formula is C15H27N3O3. The molecule has 0 bridgehead atoms. The van der Waals surface area contributed by atoms with E-state index in [1.165, 1.54) is 4.90 Å². The second-order valence-electron chi connectivity index (χ2n) is 6.91. The van der Waals surface area contributed by atoms with Gasteiger partial charge in [0.1, 0.15) is 0 Å². The molecular weight excluding hydrogens is 270 g/mol. The first kappa shape index (κ1) is 17.5. The fraction of sp³-hybridized carbons (Fsp3) is 0.800. The van der Waals surface area contributed by atoms with Crippen molar-refractivity contribution in [1.82, 2.24) is 15.5 Å². The summed E-state index contributed by atoms with van der Waals surface area (Å²) in [5, 5.41) is 5.57. The number of rotatable bonds is 6. The molecule has 1 rings (SSSR count). The van der Waals surface area contributed by atoms with Crippen molar-refractivity contribution in [3.05, 3.63) is 0 Å². The van der Waals surface area contributed by atoms with Gasteiger partial charge in [0.15, 0.2) is 0 Å². The van der Waals surface area contributed by atoms with Gasteiger partial charge in [-0.25, -0.2) is 0 Å². The summed E-state index contributed by atoms with van der Waals surface area (Å²) in [5.74, 6) is 0.278. The smallest absolute Gasteiger partial charge is 0.240 e. The minimum atomic E-state index is -0.310. The standard InChI is InChI=1S/C15H27N3O3/c1-10-8-11(10)14(21)16-7-6-13(20)18(5)9-12(19)17-15(2,3)4/h10-11H,6-9H2,1-5H3,(H,16,21)(H,17,19)/t10-,11+/m0/s1. The molecule has 0 aromatic carbocycles. The van der Waals surface area contributed by atoms with Crippen molar-refractivity contribution in [1.29, 1.82) is 0 Å². The lowest BCUT2D eigenvalue weighted by Gasteiger charge is -2.23. The summed E-state index contributed by atoms with van der Waals surface area (Å²) in [6.45, 7) is 8.07. The van der Waals surface area contributed by atoms with Crippen LogP contribution in [-0.4, -0.2) is 48.3 Å². The maximum absolute atomic E-state index is 11.9. The number of nitrogens with one attached hydrogen (secondary N) is 2. The molecule has 1 aliphatic carbocycles. The van der Waals surface area contributed by atoms with E-state index in [0.29, 0.717) is 12.5 Å². The molecule has 0 spiro atoms. The minimum absolute atomic E-state index is 0.0310. The largest absolute Gasteiger partial charge is 0.355 e. The predicted molar refractivity (Wildman–Crippen MR) is 80.4 cm³/mol. The molecule has 0 aromatic rings. The molecule has 0 radical (unpaired) electrons. The second-order valence-corrected chi connectivity index (χ2v) is 6.91. The van der Waals surface area contributed by atoms with Crippen LogP contribution in [0, 0.1) is 11.8 Å². The number of nitrogens with zero attached hydrogens (tertiary/aromatic N) is 1. The van der Waals surface area contributed by atoms with E-state index in [1.807, 2.05) is 27.7 Å². The molecule has 2 N–H and O–H groups in total. The van der Waals surface area contributed by atoms with Gasteiger partial charge in [0.25, 0.3) is 0 Å². The zero-order valence-corrected chi connectivity index (χ0v) is 13.7. The van der Waals surface area contributed by atoms with E-state index in [0.717, 1.165) is 6.42 Å². The Morgan fingerprint density at radius 3 is 2.29 bits per heavy atom. The van der Waals surface area contributed by atoms with Crippen LogP contribution < -0.4 is 10.6 Å². The predicted octanol–water partition coefficient (Wildman–Crippen LogP) is 0.522. The summed E-state index contributed by atoms with van der Waals surface area (Å²) in [5.41, 5.74) is -0.310. The van der Waals surface area contributed by atoms with E-state index in [1.54, 1.807) is 7.05 Å². The van der Waals surface area contributed by atoms with Crippen LogP contribution in [0.3, 0.4) is 0 Å². The summed E-state index contributed by atoms with van der Waals surface area (Å²) in [6, 6.07) is 0. The van der Waals surface area contributed by atoms with Gasteiger partial charge in [-0.3, -0.25) is 14.4 Å². The summed E-state index contributed by atoms with van der Waals surface area (Å²) in [6.07, 6.45) is 1.15. The molecule has 2 atom stereocenters. The van der Waals surface area contributed by atoms with E-state index in [2.05, 4.69) is 10.6 Å². The van der Waals surface area contributed by atoms with Crippen LogP contribution >= 0.6 is 0 Å². The molecule has 1 fully saturated rings. The molecule has 120 valence electrons. The van der Waals surface area contributed by atoms with E-state index >= 15 is 0 Å². The summed E-state index contributed by atoms with van der Waals surface area (Å²) >= 11 is 0. The fourth-order valence-corrected chi connectivity index (χ4v) is 2.06. The van der Waals surface area contributed by atoms with Gasteiger partial charge in [-0.2, -0.15) is 0 Å².